The average molecular weight is 222 g/mol. The van der Waals surface area contributed by atoms with E-state index in [1.165, 1.54) is 0 Å². The lowest BCUT2D eigenvalue weighted by Crippen LogP contribution is -2.42. The summed E-state index contributed by atoms with van der Waals surface area (Å²) in [7, 11) is 0. The van der Waals surface area contributed by atoms with Crippen molar-refractivity contribution in [2.45, 2.75) is 39.2 Å². The number of amides is 1. The lowest BCUT2D eigenvalue weighted by molar-refractivity contribution is -0.120. The quantitative estimate of drug-likeness (QED) is 0.725. The van der Waals surface area contributed by atoms with Gasteiger partial charge in [0.05, 0.1) is 0 Å². The molecule has 66 valence electrons. The number of rotatable bonds is 4. The highest BCUT2D eigenvalue weighted by Crippen LogP contribution is 2.11. The summed E-state index contributed by atoms with van der Waals surface area (Å²) in [5, 5.41) is 3.89. The molecule has 0 aromatic carbocycles. The summed E-state index contributed by atoms with van der Waals surface area (Å²) in [5.41, 5.74) is -0.0559. The fourth-order valence-corrected chi connectivity index (χ4v) is 1.33. The van der Waals surface area contributed by atoms with Gasteiger partial charge < -0.3 is 5.32 Å². The Morgan fingerprint density at radius 1 is 1.55 bits per heavy atom. The third kappa shape index (κ3) is 6.35. The zero-order chi connectivity index (χ0) is 8.91. The summed E-state index contributed by atoms with van der Waals surface area (Å²) in [5.74, 6) is 0.0459. The van der Waals surface area contributed by atoms with Gasteiger partial charge in [0.2, 0.25) is 5.91 Å². The minimum absolute atomic E-state index is 0.0459. The van der Waals surface area contributed by atoms with Crippen LogP contribution in [0.15, 0.2) is 0 Å². The van der Waals surface area contributed by atoms with Crippen LogP contribution in [0.3, 0.4) is 0 Å². The normalized spacial score (nSPS) is 11.3. The Morgan fingerprint density at radius 2 is 2.09 bits per heavy atom. The number of halogens is 1. The van der Waals surface area contributed by atoms with Crippen LogP contribution in [-0.4, -0.2) is 16.8 Å². The third-order valence-electron chi connectivity index (χ3n) is 1.45. The second-order valence-corrected chi connectivity index (χ2v) is 4.15. The molecule has 0 atom stereocenters. The standard InChI is InChI=1S/C8H16BrNO/c1-7(11)10-8(2,3)5-4-6-9/h4-6H2,1-3H3,(H,10,11). The molecule has 2 nitrogen and oxygen atoms in total. The van der Waals surface area contributed by atoms with Gasteiger partial charge in [0.25, 0.3) is 0 Å². The maximum atomic E-state index is 10.7. The van der Waals surface area contributed by atoms with E-state index >= 15 is 0 Å². The summed E-state index contributed by atoms with van der Waals surface area (Å²) >= 11 is 3.36. The van der Waals surface area contributed by atoms with E-state index in [1.807, 2.05) is 13.8 Å². The van der Waals surface area contributed by atoms with Crippen LogP contribution in [-0.2, 0) is 4.79 Å². The van der Waals surface area contributed by atoms with Crippen LogP contribution in [0.2, 0.25) is 0 Å². The molecule has 0 rings (SSSR count). The molecule has 3 heteroatoms. The van der Waals surface area contributed by atoms with E-state index in [1.54, 1.807) is 6.92 Å². The minimum Gasteiger partial charge on any atom is -0.351 e. The Labute approximate surface area is 76.9 Å². The second kappa shape index (κ2) is 4.75. The zero-order valence-corrected chi connectivity index (χ0v) is 8.99. The van der Waals surface area contributed by atoms with Crippen LogP contribution < -0.4 is 5.32 Å². The Kier molecular flexibility index (Phi) is 4.73. The summed E-state index contributed by atoms with van der Waals surface area (Å²) in [4.78, 5) is 10.7. The summed E-state index contributed by atoms with van der Waals surface area (Å²) in [6.45, 7) is 5.63. The first-order chi connectivity index (χ1) is 4.98. The Balaban J connectivity index is 3.70. The molecule has 0 aromatic rings. The van der Waals surface area contributed by atoms with E-state index in [-0.39, 0.29) is 11.4 Å². The number of carbonyl (C=O) groups is 1. The van der Waals surface area contributed by atoms with Crippen molar-refractivity contribution in [3.63, 3.8) is 0 Å². The summed E-state index contributed by atoms with van der Waals surface area (Å²) < 4.78 is 0. The monoisotopic (exact) mass is 221 g/mol. The van der Waals surface area contributed by atoms with Crippen LogP contribution in [0.5, 0.6) is 0 Å². The number of hydrogen-bond acceptors (Lipinski definition) is 1. The molecular formula is C8H16BrNO. The van der Waals surface area contributed by atoms with Gasteiger partial charge >= 0.3 is 0 Å². The Hall–Kier alpha value is -0.0500. The molecule has 0 aliphatic heterocycles. The number of alkyl halides is 1. The van der Waals surface area contributed by atoms with Gasteiger partial charge in [-0.05, 0) is 26.7 Å². The van der Waals surface area contributed by atoms with E-state index in [4.69, 9.17) is 0 Å². The highest BCUT2D eigenvalue weighted by atomic mass is 79.9. The minimum atomic E-state index is -0.0559. The fourth-order valence-electron chi connectivity index (χ4n) is 1.05. The lowest BCUT2D eigenvalue weighted by Gasteiger charge is -2.25. The van der Waals surface area contributed by atoms with E-state index in [2.05, 4.69) is 21.2 Å². The molecule has 0 bridgehead atoms. The lowest BCUT2D eigenvalue weighted by atomic mass is 9.99. The largest absolute Gasteiger partial charge is 0.351 e. The molecule has 0 radical (unpaired) electrons. The van der Waals surface area contributed by atoms with E-state index in [9.17, 15) is 4.79 Å². The van der Waals surface area contributed by atoms with Crippen molar-refractivity contribution in [2.75, 3.05) is 5.33 Å². The maximum absolute atomic E-state index is 10.7. The van der Waals surface area contributed by atoms with E-state index < -0.39 is 0 Å². The third-order valence-corrected chi connectivity index (χ3v) is 2.01. The first-order valence-corrected chi connectivity index (χ1v) is 4.95. The first kappa shape index (κ1) is 11.0. The number of nitrogens with one attached hydrogen (secondary N) is 1. The molecule has 0 aromatic heterocycles. The van der Waals surface area contributed by atoms with Crippen molar-refractivity contribution in [3.05, 3.63) is 0 Å². The van der Waals surface area contributed by atoms with Gasteiger partial charge in [-0.25, -0.2) is 0 Å². The van der Waals surface area contributed by atoms with E-state index in [0.717, 1.165) is 18.2 Å². The molecule has 0 saturated heterocycles. The molecular weight excluding hydrogens is 206 g/mol. The zero-order valence-electron chi connectivity index (χ0n) is 7.41. The van der Waals surface area contributed by atoms with Crippen molar-refractivity contribution >= 4 is 21.8 Å². The Morgan fingerprint density at radius 3 is 2.45 bits per heavy atom. The number of hydrogen-bond donors (Lipinski definition) is 1. The maximum Gasteiger partial charge on any atom is 0.217 e. The molecule has 1 N–H and O–H groups in total. The molecule has 0 saturated carbocycles. The SMILES string of the molecule is CC(=O)NC(C)(C)CCCBr. The molecule has 11 heavy (non-hydrogen) atoms. The predicted octanol–water partition coefficient (Wildman–Crippen LogP) is 2.08. The molecule has 0 fully saturated rings. The molecule has 0 unspecified atom stereocenters. The first-order valence-electron chi connectivity index (χ1n) is 3.82. The topological polar surface area (TPSA) is 29.1 Å². The van der Waals surface area contributed by atoms with E-state index in [0.29, 0.717) is 0 Å². The van der Waals surface area contributed by atoms with Gasteiger partial charge in [-0.2, -0.15) is 0 Å². The van der Waals surface area contributed by atoms with Crippen LogP contribution in [0, 0.1) is 0 Å². The molecule has 0 aliphatic carbocycles. The van der Waals surface area contributed by atoms with Crippen LogP contribution >= 0.6 is 15.9 Å². The average Bonchev–Trinajstić information content (AvgIpc) is 1.81. The molecule has 0 spiro atoms. The van der Waals surface area contributed by atoms with Crippen LogP contribution in [0.25, 0.3) is 0 Å². The van der Waals surface area contributed by atoms with Gasteiger partial charge in [0.1, 0.15) is 0 Å². The van der Waals surface area contributed by atoms with Gasteiger partial charge in [0, 0.05) is 17.8 Å². The van der Waals surface area contributed by atoms with Crippen molar-refractivity contribution in [1.29, 1.82) is 0 Å². The van der Waals surface area contributed by atoms with Gasteiger partial charge in [-0.1, -0.05) is 15.9 Å². The summed E-state index contributed by atoms with van der Waals surface area (Å²) in [6, 6.07) is 0. The Bertz CT molecular complexity index is 134. The van der Waals surface area contributed by atoms with Gasteiger partial charge in [0.15, 0.2) is 0 Å². The highest BCUT2D eigenvalue weighted by molar-refractivity contribution is 9.09. The van der Waals surface area contributed by atoms with Crippen molar-refractivity contribution in [1.82, 2.24) is 5.32 Å². The van der Waals surface area contributed by atoms with Gasteiger partial charge in [-0.3, -0.25) is 4.79 Å². The van der Waals surface area contributed by atoms with Crippen molar-refractivity contribution in [3.8, 4) is 0 Å². The number of carbonyl (C=O) groups excluding carboxylic acids is 1. The molecule has 0 aliphatic rings. The fraction of sp³-hybridized carbons (Fsp3) is 0.875. The van der Waals surface area contributed by atoms with Crippen LogP contribution in [0.4, 0.5) is 0 Å². The van der Waals surface area contributed by atoms with Gasteiger partial charge in [-0.15, -0.1) is 0 Å². The molecule has 1 amide bonds. The second-order valence-electron chi connectivity index (χ2n) is 3.36. The predicted molar refractivity (Wildman–Crippen MR) is 50.9 cm³/mol. The van der Waals surface area contributed by atoms with Crippen LogP contribution in [0.1, 0.15) is 33.6 Å². The van der Waals surface area contributed by atoms with Crippen molar-refractivity contribution < 1.29 is 4.79 Å². The summed E-state index contributed by atoms with van der Waals surface area (Å²) in [6.07, 6.45) is 2.10. The molecule has 0 heterocycles. The highest BCUT2D eigenvalue weighted by Gasteiger charge is 2.16. The smallest absolute Gasteiger partial charge is 0.217 e. The van der Waals surface area contributed by atoms with Crippen molar-refractivity contribution in [2.24, 2.45) is 0 Å².